The van der Waals surface area contributed by atoms with Crippen LogP contribution in [0.4, 0.5) is 0 Å². The number of phenols is 2. The third-order valence-corrected chi connectivity index (χ3v) is 6.17. The smallest absolute Gasteiger partial charge is 0.168 e. The first-order valence-corrected chi connectivity index (χ1v) is 10.6. The molecule has 2 aromatic rings. The van der Waals surface area contributed by atoms with Gasteiger partial charge in [0.15, 0.2) is 11.5 Å². The molecule has 0 radical (unpaired) electrons. The van der Waals surface area contributed by atoms with Crippen LogP contribution in [0.5, 0.6) is 23.0 Å². The lowest BCUT2D eigenvalue weighted by atomic mass is 9.84. The van der Waals surface area contributed by atoms with Crippen LogP contribution in [0.1, 0.15) is 68.6 Å². The largest absolute Gasteiger partial charge is 0.508 e. The van der Waals surface area contributed by atoms with Crippen molar-refractivity contribution >= 4 is 0 Å². The van der Waals surface area contributed by atoms with Crippen molar-refractivity contribution in [2.45, 2.75) is 70.9 Å². The van der Waals surface area contributed by atoms with Gasteiger partial charge in [0.25, 0.3) is 0 Å². The van der Waals surface area contributed by atoms with E-state index >= 15 is 0 Å². The molecular formula is C25H30O6. The van der Waals surface area contributed by atoms with Crippen molar-refractivity contribution in [3.05, 3.63) is 58.2 Å². The van der Waals surface area contributed by atoms with Crippen LogP contribution in [0.3, 0.4) is 0 Å². The molecule has 6 nitrogen and oxygen atoms in total. The fourth-order valence-electron chi connectivity index (χ4n) is 4.32. The number of aliphatic hydroxyl groups excluding tert-OH is 2. The Hall–Kier alpha value is -2.70. The molecule has 4 rings (SSSR count). The summed E-state index contributed by atoms with van der Waals surface area (Å²) < 4.78 is 12.2. The highest BCUT2D eigenvalue weighted by atomic mass is 16.5. The number of ether oxygens (including phenoxy) is 2. The summed E-state index contributed by atoms with van der Waals surface area (Å²) in [6, 6.07) is 6.88. The lowest BCUT2D eigenvalue weighted by molar-refractivity contribution is -0.112. The Morgan fingerprint density at radius 3 is 2.58 bits per heavy atom. The molecule has 2 aliphatic rings. The minimum absolute atomic E-state index is 0.0330. The number of fused-ring (bicyclic) bond motifs is 2. The maximum Gasteiger partial charge on any atom is 0.168 e. The van der Waals surface area contributed by atoms with Gasteiger partial charge in [-0.3, -0.25) is 0 Å². The Kier molecular flexibility index (Phi) is 5.40. The summed E-state index contributed by atoms with van der Waals surface area (Å²) >= 11 is 0. The van der Waals surface area contributed by atoms with Gasteiger partial charge in [-0.05, 0) is 64.7 Å². The molecule has 6 heteroatoms. The highest BCUT2D eigenvalue weighted by molar-refractivity contribution is 5.59. The van der Waals surface area contributed by atoms with Gasteiger partial charge in [0.05, 0.1) is 0 Å². The van der Waals surface area contributed by atoms with Crippen molar-refractivity contribution in [3.8, 4) is 23.0 Å². The average Bonchev–Trinajstić information content (AvgIpc) is 2.71. The molecule has 0 saturated heterocycles. The fraction of sp³-hybridized carbons (Fsp3) is 0.440. The number of aliphatic hydroxyl groups is 2. The molecule has 166 valence electrons. The van der Waals surface area contributed by atoms with Crippen molar-refractivity contribution in [1.29, 1.82) is 0 Å². The molecule has 0 saturated carbocycles. The predicted molar refractivity (Wildman–Crippen MR) is 117 cm³/mol. The average molecular weight is 427 g/mol. The second kappa shape index (κ2) is 7.77. The van der Waals surface area contributed by atoms with E-state index in [9.17, 15) is 20.4 Å². The van der Waals surface area contributed by atoms with Crippen LogP contribution in [-0.4, -0.2) is 32.1 Å². The summed E-state index contributed by atoms with van der Waals surface area (Å²) in [5.74, 6) is 0.915. The van der Waals surface area contributed by atoms with Crippen LogP contribution in [0, 0.1) is 0 Å². The maximum absolute atomic E-state index is 11.2. The molecule has 0 spiro atoms. The van der Waals surface area contributed by atoms with Crippen molar-refractivity contribution in [2.24, 2.45) is 0 Å². The summed E-state index contributed by atoms with van der Waals surface area (Å²) in [5, 5.41) is 42.4. The van der Waals surface area contributed by atoms with Gasteiger partial charge in [0.2, 0.25) is 0 Å². The molecule has 2 aromatic carbocycles. The molecular weight excluding hydrogens is 396 g/mol. The second-order valence-electron chi connectivity index (χ2n) is 9.23. The van der Waals surface area contributed by atoms with Crippen molar-refractivity contribution in [3.63, 3.8) is 0 Å². The highest BCUT2D eigenvalue weighted by Crippen LogP contribution is 2.50. The first-order chi connectivity index (χ1) is 14.6. The number of allylic oxidation sites excluding steroid dienone is 2. The number of rotatable bonds is 3. The van der Waals surface area contributed by atoms with Gasteiger partial charge in [0, 0.05) is 22.8 Å². The molecule has 0 bridgehead atoms. The van der Waals surface area contributed by atoms with E-state index in [1.54, 1.807) is 32.0 Å². The first-order valence-electron chi connectivity index (χ1n) is 10.6. The van der Waals surface area contributed by atoms with Crippen LogP contribution < -0.4 is 9.47 Å². The maximum atomic E-state index is 11.2. The van der Waals surface area contributed by atoms with E-state index in [4.69, 9.17) is 9.47 Å². The zero-order valence-corrected chi connectivity index (χ0v) is 18.3. The first kappa shape index (κ1) is 21.5. The Labute approximate surface area is 182 Å². The standard InChI is InChI=1S/C25H30O6/c1-13(2)5-9-16-17(19-10-7-14-6-8-15(26)11-20(14)30-19)12-18-22(28)24(29)25(3,4)31-23(18)21(16)27/h5-6,8,11-12,19,22,24,26-29H,7,9-10H2,1-4H3/t19-,22?,24?/m0/s1. The van der Waals surface area contributed by atoms with Crippen molar-refractivity contribution in [2.75, 3.05) is 0 Å². The Bertz CT molecular complexity index is 1030. The summed E-state index contributed by atoms with van der Waals surface area (Å²) in [4.78, 5) is 0. The zero-order valence-electron chi connectivity index (χ0n) is 18.3. The number of benzene rings is 2. The van der Waals surface area contributed by atoms with E-state index in [-0.39, 0.29) is 23.4 Å². The molecule has 0 aliphatic carbocycles. The minimum atomic E-state index is -1.19. The van der Waals surface area contributed by atoms with E-state index in [0.717, 1.165) is 23.1 Å². The van der Waals surface area contributed by atoms with E-state index < -0.39 is 17.8 Å². The third kappa shape index (κ3) is 3.86. The second-order valence-corrected chi connectivity index (χ2v) is 9.23. The van der Waals surface area contributed by atoms with Crippen LogP contribution >= 0.6 is 0 Å². The number of hydrogen-bond donors (Lipinski definition) is 4. The van der Waals surface area contributed by atoms with E-state index in [0.29, 0.717) is 29.7 Å². The lowest BCUT2D eigenvalue weighted by Gasteiger charge is -2.41. The van der Waals surface area contributed by atoms with Crippen LogP contribution in [0.15, 0.2) is 35.9 Å². The normalized spacial score (nSPS) is 23.7. The Balaban J connectivity index is 1.83. The quantitative estimate of drug-likeness (QED) is 0.548. The van der Waals surface area contributed by atoms with Crippen molar-refractivity contribution < 1.29 is 29.9 Å². The minimum Gasteiger partial charge on any atom is -0.508 e. The van der Waals surface area contributed by atoms with Crippen LogP contribution in [-0.2, 0) is 12.8 Å². The number of aromatic hydroxyl groups is 2. The summed E-state index contributed by atoms with van der Waals surface area (Å²) in [6.07, 6.45) is 1.24. The molecule has 31 heavy (non-hydrogen) atoms. The van der Waals surface area contributed by atoms with Gasteiger partial charge in [0.1, 0.15) is 35.4 Å². The molecule has 0 fully saturated rings. The van der Waals surface area contributed by atoms with Crippen LogP contribution in [0.2, 0.25) is 0 Å². The number of hydrogen-bond acceptors (Lipinski definition) is 6. The fourth-order valence-corrected chi connectivity index (χ4v) is 4.32. The summed E-state index contributed by atoms with van der Waals surface area (Å²) in [6.45, 7) is 7.34. The molecule has 4 N–H and O–H groups in total. The molecule has 2 aliphatic heterocycles. The van der Waals surface area contributed by atoms with Gasteiger partial charge < -0.3 is 29.9 Å². The predicted octanol–water partition coefficient (Wildman–Crippen LogP) is 4.24. The Morgan fingerprint density at radius 1 is 1.13 bits per heavy atom. The van der Waals surface area contributed by atoms with Gasteiger partial charge in [-0.2, -0.15) is 0 Å². The van der Waals surface area contributed by atoms with Crippen molar-refractivity contribution in [1.82, 2.24) is 0 Å². The molecule has 3 atom stereocenters. The Morgan fingerprint density at radius 2 is 1.87 bits per heavy atom. The molecule has 2 unspecified atom stereocenters. The molecule has 0 amide bonds. The third-order valence-electron chi connectivity index (χ3n) is 6.17. The SMILES string of the molecule is CC(C)=CCc1c([C@@H]2CCc3ccc(O)cc3O2)cc2c(c1O)OC(C)(C)C(O)C2O. The van der Waals surface area contributed by atoms with Gasteiger partial charge in [-0.1, -0.05) is 17.7 Å². The van der Waals surface area contributed by atoms with E-state index in [1.807, 2.05) is 26.0 Å². The van der Waals surface area contributed by atoms with Crippen LogP contribution in [0.25, 0.3) is 0 Å². The molecule has 2 heterocycles. The number of phenolic OH excluding ortho intramolecular Hbond substituents is 2. The molecule has 0 aromatic heterocycles. The van der Waals surface area contributed by atoms with E-state index in [1.165, 1.54) is 0 Å². The van der Waals surface area contributed by atoms with Gasteiger partial charge in [-0.15, -0.1) is 0 Å². The van der Waals surface area contributed by atoms with E-state index in [2.05, 4.69) is 0 Å². The monoisotopic (exact) mass is 426 g/mol. The summed E-state index contributed by atoms with van der Waals surface area (Å²) in [5.41, 5.74) is 2.86. The topological polar surface area (TPSA) is 99.4 Å². The zero-order chi connectivity index (χ0) is 22.5. The lowest BCUT2D eigenvalue weighted by Crippen LogP contribution is -2.48. The van der Waals surface area contributed by atoms with Gasteiger partial charge in [-0.25, -0.2) is 0 Å². The van der Waals surface area contributed by atoms with Gasteiger partial charge >= 0.3 is 0 Å². The highest BCUT2D eigenvalue weighted by Gasteiger charge is 2.44. The summed E-state index contributed by atoms with van der Waals surface area (Å²) in [7, 11) is 0. The number of aryl methyl sites for hydroxylation is 1.